The predicted octanol–water partition coefficient (Wildman–Crippen LogP) is -0.839. The zero-order chi connectivity index (χ0) is 9.47. The lowest BCUT2D eigenvalue weighted by Crippen LogP contribution is -2.61. The van der Waals surface area contributed by atoms with Crippen molar-refractivity contribution in [2.75, 3.05) is 26.2 Å². The van der Waals surface area contributed by atoms with Crippen LogP contribution < -0.4 is 5.32 Å². The molecule has 13 heavy (non-hydrogen) atoms. The van der Waals surface area contributed by atoms with Crippen LogP contribution in [0.4, 0.5) is 4.79 Å². The van der Waals surface area contributed by atoms with Gasteiger partial charge in [0, 0.05) is 19.6 Å². The minimum absolute atomic E-state index is 0.0522. The van der Waals surface area contributed by atoms with Crippen LogP contribution in [0.2, 0.25) is 0 Å². The van der Waals surface area contributed by atoms with Crippen molar-refractivity contribution in [3.63, 3.8) is 0 Å². The van der Waals surface area contributed by atoms with E-state index in [4.69, 9.17) is 4.74 Å². The third-order valence-corrected chi connectivity index (χ3v) is 2.34. The Bertz CT molecular complexity index is 221. The van der Waals surface area contributed by atoms with Crippen LogP contribution >= 0.6 is 0 Å². The molecule has 0 spiro atoms. The fourth-order valence-corrected chi connectivity index (χ4v) is 1.87. The molecule has 0 aliphatic carbocycles. The molecule has 0 radical (unpaired) electrons. The first-order chi connectivity index (χ1) is 6.05. The molecule has 5 nitrogen and oxygen atoms in total. The smallest absolute Gasteiger partial charge is 0.407 e. The summed E-state index contributed by atoms with van der Waals surface area (Å²) in [6.07, 6.45) is -0.388. The summed E-state index contributed by atoms with van der Waals surface area (Å²) in [4.78, 5) is 12.7. The highest BCUT2D eigenvalue weighted by Gasteiger charge is 2.38. The van der Waals surface area contributed by atoms with E-state index in [1.165, 1.54) is 0 Å². The Morgan fingerprint density at radius 1 is 1.77 bits per heavy atom. The number of nitrogens with zero attached hydrogens (tertiary/aromatic N) is 1. The van der Waals surface area contributed by atoms with Gasteiger partial charge in [0.2, 0.25) is 0 Å². The zero-order valence-corrected chi connectivity index (χ0v) is 7.62. The number of β-amino-alcohol motifs (C(OH)–C–C–N with tert-alkyl or cyclic N) is 1. The number of alkyl carbamates (subject to hydrolysis) is 1. The molecular weight excluding hydrogens is 172 g/mol. The standard InChI is InChI=1S/C8H14N2O3/c1-8(12)4-10(5-8)3-6-2-9-7(11)13-6/h6,12H,2-5H2,1H3,(H,9,11). The van der Waals surface area contributed by atoms with Gasteiger partial charge in [-0.15, -0.1) is 0 Å². The van der Waals surface area contributed by atoms with Gasteiger partial charge in [0.15, 0.2) is 0 Å². The van der Waals surface area contributed by atoms with Crippen LogP contribution in [0.15, 0.2) is 0 Å². The molecule has 2 aliphatic rings. The molecule has 0 bridgehead atoms. The van der Waals surface area contributed by atoms with E-state index in [0.29, 0.717) is 19.6 Å². The molecule has 2 fully saturated rings. The molecule has 2 rings (SSSR count). The van der Waals surface area contributed by atoms with Gasteiger partial charge >= 0.3 is 6.09 Å². The summed E-state index contributed by atoms with van der Waals surface area (Å²) in [7, 11) is 0. The van der Waals surface area contributed by atoms with Crippen LogP contribution in [0.5, 0.6) is 0 Å². The van der Waals surface area contributed by atoms with Crippen LogP contribution in [0, 0.1) is 0 Å². The quantitative estimate of drug-likeness (QED) is 0.590. The van der Waals surface area contributed by atoms with Gasteiger partial charge in [-0.2, -0.15) is 0 Å². The highest BCUT2D eigenvalue weighted by molar-refractivity contribution is 5.69. The van der Waals surface area contributed by atoms with Gasteiger partial charge in [-0.1, -0.05) is 0 Å². The molecule has 1 unspecified atom stereocenters. The number of hydrogen-bond donors (Lipinski definition) is 2. The van der Waals surface area contributed by atoms with Crippen molar-refractivity contribution in [2.45, 2.75) is 18.6 Å². The molecule has 74 valence electrons. The highest BCUT2D eigenvalue weighted by atomic mass is 16.6. The Morgan fingerprint density at radius 2 is 2.46 bits per heavy atom. The first-order valence-corrected chi connectivity index (χ1v) is 4.44. The van der Waals surface area contributed by atoms with E-state index in [1.54, 1.807) is 0 Å². The molecule has 1 amide bonds. The molecular formula is C8H14N2O3. The number of amides is 1. The summed E-state index contributed by atoms with van der Waals surface area (Å²) in [5.41, 5.74) is -0.546. The van der Waals surface area contributed by atoms with Crippen molar-refractivity contribution in [1.82, 2.24) is 10.2 Å². The Morgan fingerprint density at radius 3 is 2.92 bits per heavy atom. The second-order valence-corrected chi connectivity index (χ2v) is 4.07. The Kier molecular flexibility index (Phi) is 1.92. The van der Waals surface area contributed by atoms with Gasteiger partial charge in [0.25, 0.3) is 0 Å². The first kappa shape index (κ1) is 8.77. The van der Waals surface area contributed by atoms with Crippen LogP contribution in [-0.2, 0) is 4.74 Å². The van der Waals surface area contributed by atoms with E-state index in [2.05, 4.69) is 10.2 Å². The number of rotatable bonds is 2. The van der Waals surface area contributed by atoms with Gasteiger partial charge in [-0.25, -0.2) is 4.79 Å². The van der Waals surface area contributed by atoms with Crippen molar-refractivity contribution in [3.8, 4) is 0 Å². The van der Waals surface area contributed by atoms with Crippen LogP contribution in [0.1, 0.15) is 6.92 Å². The number of hydrogen-bond acceptors (Lipinski definition) is 4. The molecule has 0 saturated carbocycles. The lowest BCUT2D eigenvalue weighted by atomic mass is 9.97. The molecule has 2 heterocycles. The average Bonchev–Trinajstić information content (AvgIpc) is 2.31. The number of cyclic esters (lactones) is 1. The predicted molar refractivity (Wildman–Crippen MR) is 45.3 cm³/mol. The van der Waals surface area contributed by atoms with E-state index in [1.807, 2.05) is 6.92 Å². The lowest BCUT2D eigenvalue weighted by Gasteiger charge is -2.44. The summed E-state index contributed by atoms with van der Waals surface area (Å²) < 4.78 is 4.96. The second-order valence-electron chi connectivity index (χ2n) is 4.07. The van der Waals surface area contributed by atoms with Gasteiger partial charge < -0.3 is 15.2 Å². The Labute approximate surface area is 76.7 Å². The van der Waals surface area contributed by atoms with Crippen molar-refractivity contribution in [1.29, 1.82) is 0 Å². The molecule has 2 N–H and O–H groups in total. The third kappa shape index (κ3) is 1.92. The zero-order valence-electron chi connectivity index (χ0n) is 7.62. The minimum Gasteiger partial charge on any atom is -0.443 e. The van der Waals surface area contributed by atoms with Crippen molar-refractivity contribution >= 4 is 6.09 Å². The molecule has 2 saturated heterocycles. The SMILES string of the molecule is CC1(O)CN(CC2CNC(=O)O2)C1. The fraction of sp³-hybridized carbons (Fsp3) is 0.875. The normalized spacial score (nSPS) is 32.2. The van der Waals surface area contributed by atoms with Crippen LogP contribution in [-0.4, -0.2) is 54.0 Å². The number of ether oxygens (including phenoxy) is 1. The van der Waals surface area contributed by atoms with Gasteiger partial charge in [0.05, 0.1) is 12.1 Å². The lowest BCUT2D eigenvalue weighted by molar-refractivity contribution is -0.0925. The monoisotopic (exact) mass is 186 g/mol. The third-order valence-electron chi connectivity index (χ3n) is 2.34. The van der Waals surface area contributed by atoms with E-state index in [0.717, 1.165) is 6.54 Å². The highest BCUT2D eigenvalue weighted by Crippen LogP contribution is 2.20. The summed E-state index contributed by atoms with van der Waals surface area (Å²) in [6.45, 7) is 4.44. The Balaban J connectivity index is 1.72. The van der Waals surface area contributed by atoms with Crippen LogP contribution in [0.25, 0.3) is 0 Å². The topological polar surface area (TPSA) is 61.8 Å². The molecule has 0 aromatic rings. The molecule has 0 aromatic carbocycles. The first-order valence-electron chi connectivity index (χ1n) is 4.44. The van der Waals surface area contributed by atoms with E-state index >= 15 is 0 Å². The fourth-order valence-electron chi connectivity index (χ4n) is 1.87. The summed E-state index contributed by atoms with van der Waals surface area (Å²) >= 11 is 0. The average molecular weight is 186 g/mol. The van der Waals surface area contributed by atoms with Crippen LogP contribution in [0.3, 0.4) is 0 Å². The maximum Gasteiger partial charge on any atom is 0.407 e. The number of nitrogens with one attached hydrogen (secondary N) is 1. The second kappa shape index (κ2) is 2.85. The summed E-state index contributed by atoms with van der Waals surface area (Å²) in [6, 6.07) is 0. The van der Waals surface area contributed by atoms with E-state index in [9.17, 15) is 9.90 Å². The number of carbonyl (C=O) groups excluding carboxylic acids is 1. The van der Waals surface area contributed by atoms with Gasteiger partial charge in [-0.05, 0) is 6.92 Å². The molecule has 0 aromatic heterocycles. The number of carbonyl (C=O) groups is 1. The van der Waals surface area contributed by atoms with Crippen molar-refractivity contribution in [2.24, 2.45) is 0 Å². The van der Waals surface area contributed by atoms with Crippen molar-refractivity contribution < 1.29 is 14.6 Å². The maximum atomic E-state index is 10.7. The molecule has 2 aliphatic heterocycles. The maximum absolute atomic E-state index is 10.7. The van der Waals surface area contributed by atoms with E-state index in [-0.39, 0.29) is 12.2 Å². The van der Waals surface area contributed by atoms with Gasteiger partial charge in [0.1, 0.15) is 6.10 Å². The molecule has 5 heteroatoms. The number of likely N-dealkylation sites (tertiary alicyclic amines) is 1. The van der Waals surface area contributed by atoms with Gasteiger partial charge in [-0.3, -0.25) is 4.90 Å². The van der Waals surface area contributed by atoms with Crippen molar-refractivity contribution in [3.05, 3.63) is 0 Å². The Hall–Kier alpha value is -0.810. The minimum atomic E-state index is -0.546. The molecule has 1 atom stereocenters. The summed E-state index contributed by atoms with van der Waals surface area (Å²) in [5.74, 6) is 0. The number of aliphatic hydroxyl groups is 1. The van der Waals surface area contributed by atoms with E-state index < -0.39 is 5.60 Å². The largest absolute Gasteiger partial charge is 0.443 e. The summed E-state index contributed by atoms with van der Waals surface area (Å²) in [5, 5.41) is 12.0.